The van der Waals surface area contributed by atoms with Crippen LogP contribution >= 0.6 is 0 Å². The molecule has 0 aliphatic carbocycles. The molecule has 9 heteroatoms. The number of likely N-dealkylation sites (tertiary alicyclic amines) is 1. The molecular formula is C35H40N2O7. The fourth-order valence-corrected chi connectivity index (χ4v) is 5.73. The summed E-state index contributed by atoms with van der Waals surface area (Å²) < 4.78 is 22.8. The number of aliphatic hydroxyl groups is 1. The lowest BCUT2D eigenvalue weighted by atomic mass is 9.94. The summed E-state index contributed by atoms with van der Waals surface area (Å²) >= 11 is 0. The molecule has 0 radical (unpaired) electrons. The standard InChI is InChI=1S/C35H40N2O7/c1-4-43-29-14-11-26(22-30(29)41-3)32-31(34(39)35(40)37(32)16-8-15-36-17-19-42-20-18-36)33(38)27-12-13-28(24(2)21-27)44-23-25-9-6-5-7-10-25/h5-7,9-14,21-22,32,38H,4,8,15-20,23H2,1-3H3/t32-/m1/s1. The lowest BCUT2D eigenvalue weighted by Crippen LogP contribution is -2.39. The summed E-state index contributed by atoms with van der Waals surface area (Å²) in [6.45, 7) is 8.80. The van der Waals surface area contributed by atoms with E-state index in [1.807, 2.05) is 50.2 Å². The van der Waals surface area contributed by atoms with Crippen LogP contribution in [0, 0.1) is 6.92 Å². The lowest BCUT2D eigenvalue weighted by molar-refractivity contribution is -0.140. The molecule has 1 N–H and O–H groups in total. The highest BCUT2D eigenvalue weighted by Crippen LogP contribution is 2.42. The molecule has 0 spiro atoms. The zero-order valence-electron chi connectivity index (χ0n) is 25.6. The second kappa shape index (κ2) is 14.4. The van der Waals surface area contributed by atoms with E-state index in [4.69, 9.17) is 18.9 Å². The van der Waals surface area contributed by atoms with Gasteiger partial charge >= 0.3 is 0 Å². The largest absolute Gasteiger partial charge is 0.507 e. The Kier molecular flexibility index (Phi) is 10.2. The molecule has 1 amide bonds. The van der Waals surface area contributed by atoms with E-state index in [2.05, 4.69) is 4.90 Å². The molecule has 5 rings (SSSR count). The van der Waals surface area contributed by atoms with Gasteiger partial charge in [-0.15, -0.1) is 0 Å². The molecule has 1 atom stereocenters. The molecular weight excluding hydrogens is 560 g/mol. The third kappa shape index (κ3) is 6.90. The Hall–Kier alpha value is -4.34. The second-order valence-corrected chi connectivity index (χ2v) is 10.9. The molecule has 2 heterocycles. The number of morpholine rings is 1. The van der Waals surface area contributed by atoms with Gasteiger partial charge in [0.2, 0.25) is 0 Å². The number of amides is 1. The minimum Gasteiger partial charge on any atom is -0.507 e. The molecule has 2 aliphatic rings. The van der Waals surface area contributed by atoms with Crippen molar-refractivity contribution in [2.75, 3.05) is 53.1 Å². The minimum absolute atomic E-state index is 0.0462. The number of carbonyl (C=O) groups is 2. The zero-order chi connectivity index (χ0) is 31.1. The predicted molar refractivity (Wildman–Crippen MR) is 167 cm³/mol. The Morgan fingerprint density at radius 2 is 1.68 bits per heavy atom. The Morgan fingerprint density at radius 3 is 2.39 bits per heavy atom. The molecule has 2 fully saturated rings. The number of aryl methyl sites for hydroxylation is 1. The average molecular weight is 601 g/mol. The Bertz CT molecular complexity index is 1500. The fraction of sp³-hybridized carbons (Fsp3) is 0.371. The molecule has 232 valence electrons. The first-order valence-corrected chi connectivity index (χ1v) is 15.1. The predicted octanol–water partition coefficient (Wildman–Crippen LogP) is 5.13. The molecule has 3 aromatic rings. The Balaban J connectivity index is 1.47. The van der Waals surface area contributed by atoms with Crippen LogP contribution in [-0.4, -0.2) is 79.7 Å². The molecule has 2 aliphatic heterocycles. The summed E-state index contributed by atoms with van der Waals surface area (Å²) in [5.74, 6) is 0.139. The second-order valence-electron chi connectivity index (χ2n) is 10.9. The topological polar surface area (TPSA) is 97.8 Å². The van der Waals surface area contributed by atoms with Crippen molar-refractivity contribution < 1.29 is 33.6 Å². The van der Waals surface area contributed by atoms with Gasteiger partial charge in [-0.25, -0.2) is 0 Å². The number of Topliss-reactive ketones (excluding diaryl/α,β-unsaturated/α-hetero) is 1. The van der Waals surface area contributed by atoms with Crippen molar-refractivity contribution >= 4 is 17.4 Å². The summed E-state index contributed by atoms with van der Waals surface area (Å²) in [7, 11) is 1.55. The van der Waals surface area contributed by atoms with Gasteiger partial charge in [-0.2, -0.15) is 0 Å². The van der Waals surface area contributed by atoms with E-state index in [9.17, 15) is 14.7 Å². The van der Waals surface area contributed by atoms with Crippen LogP contribution in [0.15, 0.2) is 72.3 Å². The molecule has 0 bridgehead atoms. The van der Waals surface area contributed by atoms with Gasteiger partial charge in [0.25, 0.3) is 11.7 Å². The van der Waals surface area contributed by atoms with Crippen molar-refractivity contribution in [3.05, 3.63) is 94.6 Å². The summed E-state index contributed by atoms with van der Waals surface area (Å²) in [4.78, 5) is 31.0. The van der Waals surface area contributed by atoms with Gasteiger partial charge in [-0.1, -0.05) is 36.4 Å². The van der Waals surface area contributed by atoms with Crippen molar-refractivity contribution in [1.82, 2.24) is 9.80 Å². The first kappa shape index (κ1) is 31.1. The highest BCUT2D eigenvalue weighted by Gasteiger charge is 2.46. The van der Waals surface area contributed by atoms with Crippen molar-refractivity contribution in [2.45, 2.75) is 32.9 Å². The van der Waals surface area contributed by atoms with Crippen molar-refractivity contribution in [3.63, 3.8) is 0 Å². The number of carbonyl (C=O) groups excluding carboxylic acids is 2. The number of ketones is 1. The smallest absolute Gasteiger partial charge is 0.295 e. The monoisotopic (exact) mass is 600 g/mol. The van der Waals surface area contributed by atoms with Gasteiger partial charge < -0.3 is 29.0 Å². The Morgan fingerprint density at radius 1 is 0.932 bits per heavy atom. The fourth-order valence-electron chi connectivity index (χ4n) is 5.73. The van der Waals surface area contributed by atoms with Crippen molar-refractivity contribution in [3.8, 4) is 17.2 Å². The van der Waals surface area contributed by atoms with E-state index in [1.165, 1.54) is 0 Å². The van der Waals surface area contributed by atoms with Gasteiger partial charge in [0.05, 0.1) is 38.5 Å². The van der Waals surface area contributed by atoms with Crippen LogP contribution in [0.3, 0.4) is 0 Å². The average Bonchev–Trinajstić information content (AvgIpc) is 3.30. The lowest BCUT2D eigenvalue weighted by Gasteiger charge is -2.29. The number of aliphatic hydroxyl groups excluding tert-OH is 1. The SMILES string of the molecule is CCOc1ccc([C@@H]2C(=C(O)c3ccc(OCc4ccccc4)c(C)c3)C(=O)C(=O)N2CCCN2CCOCC2)cc1OC. The number of benzene rings is 3. The third-order valence-corrected chi connectivity index (χ3v) is 8.01. The van der Waals surface area contributed by atoms with E-state index in [0.29, 0.717) is 67.8 Å². The highest BCUT2D eigenvalue weighted by molar-refractivity contribution is 6.46. The van der Waals surface area contributed by atoms with Gasteiger partial charge in [0.15, 0.2) is 11.5 Å². The van der Waals surface area contributed by atoms with Crippen LogP contribution in [0.2, 0.25) is 0 Å². The molecule has 0 saturated carbocycles. The number of hydrogen-bond acceptors (Lipinski definition) is 8. The van der Waals surface area contributed by atoms with E-state index in [0.717, 1.165) is 30.8 Å². The van der Waals surface area contributed by atoms with Crippen molar-refractivity contribution in [1.29, 1.82) is 0 Å². The third-order valence-electron chi connectivity index (χ3n) is 8.01. The summed E-state index contributed by atoms with van der Waals surface area (Å²) in [5.41, 5.74) is 2.97. The number of nitrogens with zero attached hydrogens (tertiary/aromatic N) is 2. The minimum atomic E-state index is -0.793. The van der Waals surface area contributed by atoms with Crippen LogP contribution in [0.1, 0.15) is 41.6 Å². The molecule has 44 heavy (non-hydrogen) atoms. The van der Waals surface area contributed by atoms with Crippen LogP contribution in [0.25, 0.3) is 5.76 Å². The number of ether oxygens (including phenoxy) is 4. The maximum Gasteiger partial charge on any atom is 0.295 e. The van der Waals surface area contributed by atoms with Crippen LogP contribution in [-0.2, 0) is 20.9 Å². The van der Waals surface area contributed by atoms with E-state index in [1.54, 1.807) is 42.3 Å². The normalized spacial score (nSPS) is 18.4. The first-order valence-electron chi connectivity index (χ1n) is 15.1. The number of hydrogen-bond donors (Lipinski definition) is 1. The molecule has 3 aromatic carbocycles. The van der Waals surface area contributed by atoms with E-state index in [-0.39, 0.29) is 11.3 Å². The number of rotatable bonds is 12. The highest BCUT2D eigenvalue weighted by atomic mass is 16.5. The van der Waals surface area contributed by atoms with Gasteiger partial charge in [-0.3, -0.25) is 14.5 Å². The molecule has 0 aromatic heterocycles. The molecule has 2 saturated heterocycles. The van der Waals surface area contributed by atoms with Gasteiger partial charge in [0.1, 0.15) is 18.1 Å². The van der Waals surface area contributed by atoms with Crippen LogP contribution in [0.5, 0.6) is 17.2 Å². The molecule has 0 unspecified atom stereocenters. The van der Waals surface area contributed by atoms with Crippen LogP contribution in [0.4, 0.5) is 0 Å². The number of methoxy groups -OCH3 is 1. The van der Waals surface area contributed by atoms with Crippen LogP contribution < -0.4 is 14.2 Å². The Labute approximate surface area is 258 Å². The summed E-state index contributed by atoms with van der Waals surface area (Å²) in [5, 5.41) is 11.6. The summed E-state index contributed by atoms with van der Waals surface area (Å²) in [6.07, 6.45) is 0.671. The van der Waals surface area contributed by atoms with E-state index >= 15 is 0 Å². The first-order chi connectivity index (χ1) is 21.4. The summed E-state index contributed by atoms with van der Waals surface area (Å²) in [6, 6.07) is 19.7. The van der Waals surface area contributed by atoms with Crippen molar-refractivity contribution in [2.24, 2.45) is 0 Å². The quantitative estimate of drug-likeness (QED) is 0.174. The molecule has 9 nitrogen and oxygen atoms in total. The van der Waals surface area contributed by atoms with Gasteiger partial charge in [0, 0.05) is 31.7 Å². The maximum atomic E-state index is 13.6. The van der Waals surface area contributed by atoms with Gasteiger partial charge in [-0.05, 0) is 67.3 Å². The van der Waals surface area contributed by atoms with E-state index < -0.39 is 17.7 Å². The maximum absolute atomic E-state index is 13.6. The zero-order valence-corrected chi connectivity index (χ0v) is 25.6.